The lowest BCUT2D eigenvalue weighted by Gasteiger charge is -2.18. The van der Waals surface area contributed by atoms with Gasteiger partial charge < -0.3 is 14.2 Å². The maximum absolute atomic E-state index is 12.8. The quantitative estimate of drug-likeness (QED) is 0.0347. The van der Waals surface area contributed by atoms with Gasteiger partial charge in [0.05, 0.1) is 0 Å². The van der Waals surface area contributed by atoms with Crippen LogP contribution in [-0.2, 0) is 28.6 Å². The van der Waals surface area contributed by atoms with Crippen LogP contribution in [-0.4, -0.2) is 37.2 Å². The lowest BCUT2D eigenvalue weighted by Crippen LogP contribution is -2.30. The molecule has 0 N–H and O–H groups in total. The zero-order valence-electron chi connectivity index (χ0n) is 38.3. The van der Waals surface area contributed by atoms with Crippen molar-refractivity contribution in [1.82, 2.24) is 0 Å². The minimum Gasteiger partial charge on any atom is -0.462 e. The normalized spacial score (nSPS) is 12.5. The number of hydrogen-bond acceptors (Lipinski definition) is 6. The number of hydrogen-bond donors (Lipinski definition) is 0. The maximum atomic E-state index is 12.8. The Bertz CT molecular complexity index is 856. The molecule has 6 heteroatoms. The van der Waals surface area contributed by atoms with Crippen LogP contribution in [0.5, 0.6) is 0 Å². The van der Waals surface area contributed by atoms with E-state index in [1.165, 1.54) is 161 Å². The molecule has 0 saturated carbocycles. The lowest BCUT2D eigenvalue weighted by atomic mass is 9.99. The van der Waals surface area contributed by atoms with Crippen LogP contribution >= 0.6 is 0 Å². The average Bonchev–Trinajstić information content (AvgIpc) is 3.18. The third-order valence-corrected chi connectivity index (χ3v) is 11.6. The molecule has 0 bridgehead atoms. The first-order valence-corrected chi connectivity index (χ1v) is 24.8. The number of unbranched alkanes of at least 4 members (excludes halogenated alkanes) is 28. The molecule has 0 spiro atoms. The highest BCUT2D eigenvalue weighted by atomic mass is 16.6. The Morgan fingerprint density at radius 1 is 0.375 bits per heavy atom. The minimum absolute atomic E-state index is 0.0655. The third-order valence-electron chi connectivity index (χ3n) is 11.6. The van der Waals surface area contributed by atoms with Crippen molar-refractivity contribution in [1.29, 1.82) is 0 Å². The van der Waals surface area contributed by atoms with E-state index < -0.39 is 6.10 Å². The van der Waals surface area contributed by atoms with E-state index in [1.54, 1.807) is 0 Å². The average molecular weight is 793 g/mol. The second-order valence-corrected chi connectivity index (χ2v) is 17.8. The van der Waals surface area contributed by atoms with Crippen LogP contribution < -0.4 is 0 Å². The highest BCUT2D eigenvalue weighted by Crippen LogP contribution is 2.17. The molecule has 332 valence electrons. The van der Waals surface area contributed by atoms with Gasteiger partial charge in [0.25, 0.3) is 0 Å². The summed E-state index contributed by atoms with van der Waals surface area (Å²) >= 11 is 0. The molecule has 2 atom stereocenters. The molecule has 0 aromatic carbocycles. The fourth-order valence-electron chi connectivity index (χ4n) is 7.43. The van der Waals surface area contributed by atoms with Gasteiger partial charge in [0.15, 0.2) is 6.10 Å². The van der Waals surface area contributed by atoms with Crippen LogP contribution in [0, 0.1) is 11.8 Å². The first-order valence-electron chi connectivity index (χ1n) is 24.8. The maximum Gasteiger partial charge on any atom is 0.306 e. The zero-order chi connectivity index (χ0) is 41.2. The van der Waals surface area contributed by atoms with Crippen LogP contribution in [0.25, 0.3) is 0 Å². The summed E-state index contributed by atoms with van der Waals surface area (Å²) in [6.45, 7) is 11.3. The lowest BCUT2D eigenvalue weighted by molar-refractivity contribution is -0.167. The highest BCUT2D eigenvalue weighted by Gasteiger charge is 2.19. The summed E-state index contributed by atoms with van der Waals surface area (Å²) in [5.41, 5.74) is 0. The summed E-state index contributed by atoms with van der Waals surface area (Å²) in [5.74, 6) is 0.753. The molecule has 0 saturated heterocycles. The van der Waals surface area contributed by atoms with Crippen molar-refractivity contribution >= 4 is 17.9 Å². The molecule has 0 fully saturated rings. The summed E-state index contributed by atoms with van der Waals surface area (Å²) in [5, 5.41) is 0. The van der Waals surface area contributed by atoms with Crippen LogP contribution in [0.4, 0.5) is 0 Å². The second kappa shape index (κ2) is 43.0. The van der Waals surface area contributed by atoms with Gasteiger partial charge in [0.2, 0.25) is 0 Å². The molecule has 0 aromatic heterocycles. The number of carbonyl (C=O) groups is 3. The Hall–Kier alpha value is -1.59. The molecule has 0 rings (SSSR count). The summed E-state index contributed by atoms with van der Waals surface area (Å²) in [6, 6.07) is 0. The van der Waals surface area contributed by atoms with E-state index in [2.05, 4.69) is 34.6 Å². The molecule has 0 aliphatic carbocycles. The van der Waals surface area contributed by atoms with E-state index in [0.29, 0.717) is 19.3 Å². The monoisotopic (exact) mass is 793 g/mol. The van der Waals surface area contributed by atoms with E-state index in [0.717, 1.165) is 69.6 Å². The van der Waals surface area contributed by atoms with Crippen LogP contribution in [0.3, 0.4) is 0 Å². The summed E-state index contributed by atoms with van der Waals surface area (Å²) in [7, 11) is 0. The van der Waals surface area contributed by atoms with Crippen LogP contribution in [0.1, 0.15) is 272 Å². The topological polar surface area (TPSA) is 78.9 Å². The first kappa shape index (κ1) is 54.4. The van der Waals surface area contributed by atoms with E-state index in [-0.39, 0.29) is 31.1 Å². The second-order valence-electron chi connectivity index (χ2n) is 17.8. The molecule has 0 aliphatic rings. The summed E-state index contributed by atoms with van der Waals surface area (Å²) in [4.78, 5) is 37.8. The Morgan fingerprint density at radius 2 is 0.679 bits per heavy atom. The fourth-order valence-corrected chi connectivity index (χ4v) is 7.43. The zero-order valence-corrected chi connectivity index (χ0v) is 38.3. The smallest absolute Gasteiger partial charge is 0.306 e. The van der Waals surface area contributed by atoms with E-state index >= 15 is 0 Å². The Balaban J connectivity index is 4.28. The van der Waals surface area contributed by atoms with Gasteiger partial charge in [0.1, 0.15) is 13.2 Å². The third kappa shape index (κ3) is 42.0. The van der Waals surface area contributed by atoms with Gasteiger partial charge in [-0.2, -0.15) is 0 Å². The van der Waals surface area contributed by atoms with Gasteiger partial charge in [-0.05, 0) is 31.1 Å². The van der Waals surface area contributed by atoms with Gasteiger partial charge in [0, 0.05) is 19.3 Å². The van der Waals surface area contributed by atoms with Crippen molar-refractivity contribution in [2.75, 3.05) is 13.2 Å². The first-order chi connectivity index (χ1) is 27.3. The van der Waals surface area contributed by atoms with Gasteiger partial charge in [-0.1, -0.05) is 234 Å². The van der Waals surface area contributed by atoms with Crippen molar-refractivity contribution in [3.63, 3.8) is 0 Å². The predicted octanol–water partition coefficient (Wildman–Crippen LogP) is 15.8. The number of esters is 3. The Labute approximate surface area is 348 Å². The molecule has 56 heavy (non-hydrogen) atoms. The predicted molar refractivity (Wildman–Crippen MR) is 238 cm³/mol. The molecule has 1 unspecified atom stereocenters. The van der Waals surface area contributed by atoms with Gasteiger partial charge in [-0.25, -0.2) is 0 Å². The van der Waals surface area contributed by atoms with Crippen molar-refractivity contribution in [2.45, 2.75) is 278 Å². The Kier molecular flexibility index (Phi) is 41.8. The summed E-state index contributed by atoms with van der Waals surface area (Å²) < 4.78 is 16.7. The molecule has 6 nitrogen and oxygen atoms in total. The molecule has 0 radical (unpaired) electrons. The largest absolute Gasteiger partial charge is 0.462 e. The number of ether oxygens (including phenoxy) is 3. The molecular weight excluding hydrogens is 697 g/mol. The van der Waals surface area contributed by atoms with Crippen molar-refractivity contribution in [3.8, 4) is 0 Å². The van der Waals surface area contributed by atoms with Crippen molar-refractivity contribution in [2.24, 2.45) is 11.8 Å². The van der Waals surface area contributed by atoms with Crippen LogP contribution in [0.2, 0.25) is 0 Å². The molecular formula is C50H96O6. The van der Waals surface area contributed by atoms with Gasteiger partial charge in [-0.3, -0.25) is 14.4 Å². The standard InChI is InChI=1S/C50H96O6/c1-6-8-9-10-11-12-13-14-15-16-17-18-19-20-25-32-37-42-50(53)56-47(44-55-49(52)41-36-31-27-26-28-33-38-45(3)4)43-54-48(51)40-35-30-24-22-21-23-29-34-39-46(5)7-2/h45-47H,6-44H2,1-5H3/t46?,47-/m0/s1. The van der Waals surface area contributed by atoms with E-state index in [1.807, 2.05) is 0 Å². The van der Waals surface area contributed by atoms with E-state index in [9.17, 15) is 14.4 Å². The minimum atomic E-state index is -0.762. The van der Waals surface area contributed by atoms with Crippen LogP contribution in [0.15, 0.2) is 0 Å². The SMILES string of the molecule is CCCCCCCCCCCCCCCCCCCC(=O)O[C@@H](COC(=O)CCCCCCCCCCC(C)CC)COC(=O)CCCCCCCCC(C)C. The van der Waals surface area contributed by atoms with E-state index in [4.69, 9.17) is 14.2 Å². The van der Waals surface area contributed by atoms with Gasteiger partial charge in [-0.15, -0.1) is 0 Å². The fraction of sp³-hybridized carbons (Fsp3) is 0.940. The molecule has 0 aliphatic heterocycles. The highest BCUT2D eigenvalue weighted by molar-refractivity contribution is 5.71. The Morgan fingerprint density at radius 3 is 1.02 bits per heavy atom. The molecule has 0 heterocycles. The molecule has 0 amide bonds. The molecule has 0 aromatic rings. The van der Waals surface area contributed by atoms with Gasteiger partial charge >= 0.3 is 17.9 Å². The number of rotatable bonds is 44. The summed E-state index contributed by atoms with van der Waals surface area (Å²) in [6.07, 6.45) is 42.4. The van der Waals surface area contributed by atoms with Crippen molar-refractivity contribution < 1.29 is 28.6 Å². The number of carbonyl (C=O) groups excluding carboxylic acids is 3. The van der Waals surface area contributed by atoms with Crippen molar-refractivity contribution in [3.05, 3.63) is 0 Å².